The Kier molecular flexibility index (Phi) is 7.60. The molecule has 0 aliphatic heterocycles. The normalized spacial score (nSPS) is 15.6. The maximum absolute atomic E-state index is 13.5. The maximum atomic E-state index is 13.5. The third kappa shape index (κ3) is 6.00. The van der Waals surface area contributed by atoms with E-state index in [1.54, 1.807) is 19.1 Å². The van der Waals surface area contributed by atoms with Crippen LogP contribution in [0.15, 0.2) is 100 Å². The lowest BCUT2D eigenvalue weighted by atomic mass is 9.89. The Balaban J connectivity index is 3.59. The Hall–Kier alpha value is -3.04. The van der Waals surface area contributed by atoms with Crippen molar-refractivity contribution in [3.63, 3.8) is 0 Å². The van der Waals surface area contributed by atoms with Crippen LogP contribution in [0.4, 0.5) is 13.2 Å². The van der Waals surface area contributed by atoms with E-state index in [-0.39, 0.29) is 12.0 Å². The van der Waals surface area contributed by atoms with E-state index in [1.165, 1.54) is 0 Å². The van der Waals surface area contributed by atoms with Crippen LogP contribution in [-0.4, -0.2) is 17.3 Å². The van der Waals surface area contributed by atoms with Crippen LogP contribution in [0.2, 0.25) is 0 Å². The van der Waals surface area contributed by atoms with E-state index >= 15 is 0 Å². The van der Waals surface area contributed by atoms with Crippen molar-refractivity contribution in [2.45, 2.75) is 33.4 Å². The van der Waals surface area contributed by atoms with Gasteiger partial charge < -0.3 is 5.11 Å². The zero-order chi connectivity index (χ0) is 21.6. The molecule has 28 heavy (non-hydrogen) atoms. The number of carbonyl (C=O) groups is 1. The van der Waals surface area contributed by atoms with Gasteiger partial charge >= 0.3 is 12.1 Å². The van der Waals surface area contributed by atoms with Crippen LogP contribution in [0.1, 0.15) is 27.2 Å². The number of carboxylic acids is 1. The first-order valence-electron chi connectivity index (χ1n) is 8.42. The fourth-order valence-corrected chi connectivity index (χ4v) is 2.60. The summed E-state index contributed by atoms with van der Waals surface area (Å²) in [5, 5.41) is 9.13. The predicted molar refractivity (Wildman–Crippen MR) is 107 cm³/mol. The second kappa shape index (κ2) is 9.25. The summed E-state index contributed by atoms with van der Waals surface area (Å²) < 4.78 is 40.6. The molecule has 0 atom stereocenters. The van der Waals surface area contributed by atoms with Gasteiger partial charge in [0.1, 0.15) is 0 Å². The van der Waals surface area contributed by atoms with Gasteiger partial charge in [-0.05, 0) is 67.7 Å². The van der Waals surface area contributed by atoms with E-state index in [9.17, 15) is 18.0 Å². The van der Waals surface area contributed by atoms with Gasteiger partial charge in [-0.15, -0.1) is 5.73 Å². The SMILES string of the molecule is C=C/C(C(=O)O)=C(\C=C(\CC1=CC=C=C(C)C=C1C(=C)C)C(=C)C)C(F)(F)F. The van der Waals surface area contributed by atoms with Gasteiger partial charge in [0.25, 0.3) is 0 Å². The quantitative estimate of drug-likeness (QED) is 0.305. The fourth-order valence-electron chi connectivity index (χ4n) is 2.60. The van der Waals surface area contributed by atoms with E-state index in [0.717, 1.165) is 28.4 Å². The molecule has 0 aromatic rings. The van der Waals surface area contributed by atoms with E-state index in [2.05, 4.69) is 25.5 Å². The summed E-state index contributed by atoms with van der Waals surface area (Å²) in [4.78, 5) is 11.3. The molecule has 0 fully saturated rings. The van der Waals surface area contributed by atoms with Gasteiger partial charge in [0, 0.05) is 0 Å². The molecule has 0 unspecified atom stereocenters. The topological polar surface area (TPSA) is 37.3 Å². The zero-order valence-electron chi connectivity index (χ0n) is 16.2. The van der Waals surface area contributed by atoms with Gasteiger partial charge in [-0.1, -0.05) is 43.0 Å². The highest BCUT2D eigenvalue weighted by molar-refractivity contribution is 5.91. The first-order chi connectivity index (χ1) is 12.9. The number of halogens is 3. The van der Waals surface area contributed by atoms with Crippen molar-refractivity contribution < 1.29 is 23.1 Å². The number of rotatable bonds is 7. The van der Waals surface area contributed by atoms with E-state index < -0.39 is 23.3 Å². The van der Waals surface area contributed by atoms with Crippen molar-refractivity contribution in [1.82, 2.24) is 0 Å². The van der Waals surface area contributed by atoms with Crippen LogP contribution in [0.5, 0.6) is 0 Å². The van der Waals surface area contributed by atoms with Gasteiger partial charge in [0.15, 0.2) is 0 Å². The zero-order valence-corrected chi connectivity index (χ0v) is 16.2. The van der Waals surface area contributed by atoms with Gasteiger partial charge in [0.2, 0.25) is 0 Å². The van der Waals surface area contributed by atoms with Crippen molar-refractivity contribution >= 4 is 5.97 Å². The monoisotopic (exact) mass is 388 g/mol. The largest absolute Gasteiger partial charge is 0.478 e. The highest BCUT2D eigenvalue weighted by Crippen LogP contribution is 2.35. The van der Waals surface area contributed by atoms with Crippen molar-refractivity contribution in [1.29, 1.82) is 0 Å². The molecular formula is C23H23F3O2. The lowest BCUT2D eigenvalue weighted by molar-refractivity contribution is -0.133. The number of hydrogen-bond acceptors (Lipinski definition) is 1. The molecule has 0 bridgehead atoms. The van der Waals surface area contributed by atoms with Crippen LogP contribution in [0.25, 0.3) is 0 Å². The molecule has 0 radical (unpaired) electrons. The molecule has 1 aliphatic rings. The third-order valence-corrected chi connectivity index (χ3v) is 4.04. The van der Waals surface area contributed by atoms with Crippen molar-refractivity contribution in [3.8, 4) is 0 Å². The van der Waals surface area contributed by atoms with Crippen molar-refractivity contribution in [2.75, 3.05) is 0 Å². The second-order valence-electron chi connectivity index (χ2n) is 6.49. The smallest absolute Gasteiger partial charge is 0.417 e. The summed E-state index contributed by atoms with van der Waals surface area (Å²) in [5.41, 5.74) is 4.68. The van der Waals surface area contributed by atoms with Gasteiger partial charge in [-0.25, -0.2) is 4.79 Å². The summed E-state index contributed by atoms with van der Waals surface area (Å²) >= 11 is 0. The molecular weight excluding hydrogens is 365 g/mol. The highest BCUT2D eigenvalue weighted by atomic mass is 19.4. The average Bonchev–Trinajstić information content (AvgIpc) is 2.73. The maximum Gasteiger partial charge on any atom is 0.417 e. The van der Waals surface area contributed by atoms with Crippen LogP contribution >= 0.6 is 0 Å². The van der Waals surface area contributed by atoms with Crippen LogP contribution < -0.4 is 0 Å². The average molecular weight is 388 g/mol. The predicted octanol–water partition coefficient (Wildman–Crippen LogP) is 6.55. The number of carboxylic acid groups (broad SMARTS) is 1. The molecule has 0 spiro atoms. The number of alkyl halides is 3. The molecule has 148 valence electrons. The summed E-state index contributed by atoms with van der Waals surface area (Å²) in [7, 11) is 0. The Bertz CT molecular complexity index is 910. The van der Waals surface area contributed by atoms with E-state index in [4.69, 9.17) is 5.11 Å². The Morgan fingerprint density at radius 2 is 1.89 bits per heavy atom. The first-order valence-corrected chi connectivity index (χ1v) is 8.42. The Morgan fingerprint density at radius 3 is 2.32 bits per heavy atom. The molecule has 0 saturated heterocycles. The molecule has 0 heterocycles. The third-order valence-electron chi connectivity index (χ3n) is 4.04. The molecule has 1 aliphatic carbocycles. The van der Waals surface area contributed by atoms with Crippen molar-refractivity contribution in [3.05, 3.63) is 100 Å². The molecule has 0 saturated carbocycles. The molecule has 0 aromatic carbocycles. The standard InChI is InChI=1S/C23H23F3O2/c1-7-19(22(27)28)21(23(24,25)26)13-18(14(2)3)12-17-10-8-9-16(6)11-20(17)15(4)5/h7-8,10-11,13H,1-2,4,12H2,3,5-6H3,(H,27,28)/b18-13-,21-19-. The van der Waals surface area contributed by atoms with Crippen molar-refractivity contribution in [2.24, 2.45) is 0 Å². The fraction of sp³-hybridized carbons (Fsp3) is 0.217. The lowest BCUT2D eigenvalue weighted by Crippen LogP contribution is -2.16. The Morgan fingerprint density at radius 1 is 1.29 bits per heavy atom. The number of allylic oxidation sites excluding steroid dienone is 10. The second-order valence-corrected chi connectivity index (χ2v) is 6.49. The minimum Gasteiger partial charge on any atom is -0.478 e. The molecule has 5 heteroatoms. The van der Waals surface area contributed by atoms with Crippen LogP contribution in [0, 0.1) is 0 Å². The first kappa shape index (κ1) is 23.0. The molecule has 1 rings (SSSR count). The minimum atomic E-state index is -4.86. The number of hydrogen-bond donors (Lipinski definition) is 1. The van der Waals surface area contributed by atoms with E-state index in [0.29, 0.717) is 11.6 Å². The minimum absolute atomic E-state index is 0.128. The van der Waals surface area contributed by atoms with Gasteiger partial charge in [-0.3, -0.25) is 0 Å². The summed E-state index contributed by atoms with van der Waals surface area (Å²) in [6, 6.07) is 0. The van der Waals surface area contributed by atoms with Crippen LogP contribution in [0.3, 0.4) is 0 Å². The molecule has 2 nitrogen and oxygen atoms in total. The molecule has 1 N–H and O–H groups in total. The molecule has 0 aromatic heterocycles. The van der Waals surface area contributed by atoms with Gasteiger partial charge in [0.05, 0.1) is 11.1 Å². The van der Waals surface area contributed by atoms with Gasteiger partial charge in [-0.2, -0.15) is 13.2 Å². The summed E-state index contributed by atoms with van der Waals surface area (Å²) in [5.74, 6) is -1.70. The lowest BCUT2D eigenvalue weighted by Gasteiger charge is -2.17. The van der Waals surface area contributed by atoms with Crippen LogP contribution in [-0.2, 0) is 4.79 Å². The van der Waals surface area contributed by atoms with E-state index in [1.807, 2.05) is 19.9 Å². The highest BCUT2D eigenvalue weighted by Gasteiger charge is 2.36. The Labute approximate surface area is 163 Å². The number of aliphatic carboxylic acids is 1. The summed E-state index contributed by atoms with van der Waals surface area (Å²) in [6.07, 6.45) is 2.11. The molecule has 0 amide bonds. The summed E-state index contributed by atoms with van der Waals surface area (Å²) in [6.45, 7) is 16.1.